The predicted octanol–water partition coefficient (Wildman–Crippen LogP) is 1.68. The first kappa shape index (κ1) is 17.9. The molecular weight excluding hydrogens is 268 g/mol. The maximum Gasteiger partial charge on any atom is 0.0936 e. The Hall–Kier alpha value is -1.14. The van der Waals surface area contributed by atoms with Gasteiger partial charge in [0.05, 0.1) is 19.3 Å². The minimum Gasteiger partial charge on any atom is -0.398 e. The molecule has 0 aliphatic rings. The number of para-hydroxylation sites is 1. The zero-order valence-electron chi connectivity index (χ0n) is 13.1. The van der Waals surface area contributed by atoms with E-state index in [0.717, 1.165) is 18.7 Å². The molecule has 0 aliphatic carbocycles. The van der Waals surface area contributed by atoms with Crippen LogP contribution in [0.5, 0.6) is 0 Å². The molecule has 1 unspecified atom stereocenters. The van der Waals surface area contributed by atoms with Gasteiger partial charge in [-0.05, 0) is 19.9 Å². The molecule has 5 nitrogen and oxygen atoms in total. The van der Waals surface area contributed by atoms with Crippen molar-refractivity contribution in [3.63, 3.8) is 0 Å². The Morgan fingerprint density at radius 2 is 1.67 bits per heavy atom. The molecule has 0 spiro atoms. The maximum absolute atomic E-state index is 10.4. The number of hydrogen-bond donors (Lipinski definition) is 2. The summed E-state index contributed by atoms with van der Waals surface area (Å²) in [6.45, 7) is 8.72. The van der Waals surface area contributed by atoms with Crippen molar-refractivity contribution in [2.45, 2.75) is 20.0 Å². The van der Waals surface area contributed by atoms with Gasteiger partial charge in [-0.15, -0.1) is 0 Å². The second-order valence-corrected chi connectivity index (χ2v) is 4.84. The molecule has 3 N–H and O–H groups in total. The van der Waals surface area contributed by atoms with Crippen molar-refractivity contribution in [2.75, 3.05) is 51.8 Å². The normalized spacial score (nSPS) is 12.8. The monoisotopic (exact) mass is 296 g/mol. The van der Waals surface area contributed by atoms with E-state index < -0.39 is 6.10 Å². The lowest BCUT2D eigenvalue weighted by Crippen LogP contribution is -2.35. The van der Waals surface area contributed by atoms with E-state index in [0.29, 0.717) is 38.7 Å². The second kappa shape index (κ2) is 10.6. The molecule has 120 valence electrons. The van der Waals surface area contributed by atoms with Gasteiger partial charge in [0.15, 0.2) is 0 Å². The highest BCUT2D eigenvalue weighted by molar-refractivity contribution is 5.47. The summed E-state index contributed by atoms with van der Waals surface area (Å²) in [7, 11) is 0. The number of rotatable bonds is 11. The molecular formula is C16H28N2O3. The number of aliphatic hydroxyl groups excluding tert-OH is 1. The predicted molar refractivity (Wildman–Crippen MR) is 85.2 cm³/mol. The fourth-order valence-corrected chi connectivity index (χ4v) is 2.13. The van der Waals surface area contributed by atoms with Crippen LogP contribution >= 0.6 is 0 Å². The van der Waals surface area contributed by atoms with Crippen molar-refractivity contribution >= 4 is 5.69 Å². The Labute approximate surface area is 127 Å². The third-order valence-corrected chi connectivity index (χ3v) is 3.30. The van der Waals surface area contributed by atoms with Crippen molar-refractivity contribution in [3.05, 3.63) is 29.8 Å². The smallest absolute Gasteiger partial charge is 0.0936 e. The fraction of sp³-hybridized carbons (Fsp3) is 0.625. The van der Waals surface area contributed by atoms with Crippen LogP contribution in [0.25, 0.3) is 0 Å². The van der Waals surface area contributed by atoms with Crippen LogP contribution in [0.15, 0.2) is 24.3 Å². The van der Waals surface area contributed by atoms with Crippen LogP contribution in [0.3, 0.4) is 0 Å². The van der Waals surface area contributed by atoms with Gasteiger partial charge in [0, 0.05) is 44.1 Å². The summed E-state index contributed by atoms with van der Waals surface area (Å²) in [5.41, 5.74) is 7.31. The van der Waals surface area contributed by atoms with E-state index in [4.69, 9.17) is 15.2 Å². The number of benzene rings is 1. The maximum atomic E-state index is 10.4. The lowest BCUT2D eigenvalue weighted by atomic mass is 10.1. The number of hydrogen-bond acceptors (Lipinski definition) is 5. The van der Waals surface area contributed by atoms with E-state index >= 15 is 0 Å². The minimum atomic E-state index is -0.602. The van der Waals surface area contributed by atoms with Crippen LogP contribution in [0, 0.1) is 0 Å². The summed E-state index contributed by atoms with van der Waals surface area (Å²) in [5, 5.41) is 10.4. The third-order valence-electron chi connectivity index (χ3n) is 3.30. The van der Waals surface area contributed by atoms with Crippen molar-refractivity contribution < 1.29 is 14.6 Å². The van der Waals surface area contributed by atoms with Gasteiger partial charge in [0.1, 0.15) is 0 Å². The molecule has 0 saturated carbocycles. The Kier molecular flexibility index (Phi) is 9.01. The molecule has 1 rings (SSSR count). The quantitative estimate of drug-likeness (QED) is 0.480. The van der Waals surface area contributed by atoms with Gasteiger partial charge in [0.25, 0.3) is 0 Å². The molecule has 1 aromatic carbocycles. The lowest BCUT2D eigenvalue weighted by molar-refractivity contribution is 0.0535. The zero-order chi connectivity index (χ0) is 15.5. The molecule has 0 bridgehead atoms. The van der Waals surface area contributed by atoms with Crippen molar-refractivity contribution in [1.29, 1.82) is 0 Å². The number of anilines is 1. The van der Waals surface area contributed by atoms with E-state index in [1.165, 1.54) is 0 Å². The van der Waals surface area contributed by atoms with Gasteiger partial charge in [0.2, 0.25) is 0 Å². The van der Waals surface area contributed by atoms with Crippen LogP contribution in [-0.4, -0.2) is 56.1 Å². The summed E-state index contributed by atoms with van der Waals surface area (Å²) in [6.07, 6.45) is -0.602. The molecule has 0 radical (unpaired) electrons. The first-order valence-corrected chi connectivity index (χ1v) is 7.59. The second-order valence-electron chi connectivity index (χ2n) is 4.84. The van der Waals surface area contributed by atoms with Gasteiger partial charge < -0.3 is 20.3 Å². The van der Waals surface area contributed by atoms with Gasteiger partial charge in [-0.1, -0.05) is 18.2 Å². The molecule has 1 aromatic rings. The largest absolute Gasteiger partial charge is 0.398 e. The molecule has 0 aliphatic heterocycles. The molecule has 21 heavy (non-hydrogen) atoms. The van der Waals surface area contributed by atoms with Gasteiger partial charge in [-0.3, -0.25) is 4.90 Å². The average Bonchev–Trinajstić information content (AvgIpc) is 2.48. The average molecular weight is 296 g/mol. The molecule has 1 atom stereocenters. The van der Waals surface area contributed by atoms with E-state index in [1.807, 2.05) is 38.1 Å². The van der Waals surface area contributed by atoms with Crippen LogP contribution in [0.4, 0.5) is 5.69 Å². The lowest BCUT2D eigenvalue weighted by Gasteiger charge is -2.25. The Balaban J connectivity index is 2.54. The van der Waals surface area contributed by atoms with E-state index in [-0.39, 0.29) is 0 Å². The highest BCUT2D eigenvalue weighted by Gasteiger charge is 2.15. The number of aliphatic hydroxyl groups is 1. The standard InChI is InChI=1S/C16H28N2O3/c1-3-20-11-9-18(10-12-21-4-2)13-16(19)14-7-5-6-8-15(14)17/h5-8,16,19H,3-4,9-13,17H2,1-2H3. The summed E-state index contributed by atoms with van der Waals surface area (Å²) < 4.78 is 10.8. The van der Waals surface area contributed by atoms with Gasteiger partial charge in [-0.25, -0.2) is 0 Å². The number of ether oxygens (including phenoxy) is 2. The third kappa shape index (κ3) is 6.91. The zero-order valence-corrected chi connectivity index (χ0v) is 13.1. The van der Waals surface area contributed by atoms with Crippen LogP contribution in [0.1, 0.15) is 25.5 Å². The van der Waals surface area contributed by atoms with Crippen LogP contribution in [-0.2, 0) is 9.47 Å². The van der Waals surface area contributed by atoms with E-state index in [9.17, 15) is 5.11 Å². The van der Waals surface area contributed by atoms with E-state index in [2.05, 4.69) is 4.90 Å². The fourth-order valence-electron chi connectivity index (χ4n) is 2.13. The molecule has 5 heteroatoms. The van der Waals surface area contributed by atoms with Crippen LogP contribution < -0.4 is 5.73 Å². The Morgan fingerprint density at radius 1 is 1.10 bits per heavy atom. The first-order chi connectivity index (χ1) is 10.2. The highest BCUT2D eigenvalue weighted by Crippen LogP contribution is 2.20. The Morgan fingerprint density at radius 3 is 2.19 bits per heavy atom. The number of nitrogens with two attached hydrogens (primary N) is 1. The van der Waals surface area contributed by atoms with Crippen molar-refractivity contribution in [3.8, 4) is 0 Å². The van der Waals surface area contributed by atoms with Crippen molar-refractivity contribution in [1.82, 2.24) is 4.90 Å². The summed E-state index contributed by atoms with van der Waals surface area (Å²) >= 11 is 0. The molecule has 0 fully saturated rings. The van der Waals surface area contributed by atoms with Gasteiger partial charge >= 0.3 is 0 Å². The first-order valence-electron chi connectivity index (χ1n) is 7.59. The number of nitrogens with zero attached hydrogens (tertiary/aromatic N) is 1. The molecule has 0 amide bonds. The summed E-state index contributed by atoms with van der Waals surface area (Å²) in [4.78, 5) is 2.14. The minimum absolute atomic E-state index is 0.522. The van der Waals surface area contributed by atoms with Gasteiger partial charge in [-0.2, -0.15) is 0 Å². The summed E-state index contributed by atoms with van der Waals surface area (Å²) in [5.74, 6) is 0. The van der Waals surface area contributed by atoms with Crippen molar-refractivity contribution in [2.24, 2.45) is 0 Å². The highest BCUT2D eigenvalue weighted by atomic mass is 16.5. The van der Waals surface area contributed by atoms with E-state index in [1.54, 1.807) is 0 Å². The molecule has 0 saturated heterocycles. The Bertz CT molecular complexity index is 378. The molecule has 0 heterocycles. The SMILES string of the molecule is CCOCCN(CCOCC)CC(O)c1ccccc1N. The topological polar surface area (TPSA) is 68.0 Å². The number of nitrogen functional groups attached to an aromatic ring is 1. The van der Waals surface area contributed by atoms with Crippen LogP contribution in [0.2, 0.25) is 0 Å². The summed E-state index contributed by atoms with van der Waals surface area (Å²) in [6, 6.07) is 7.43. The molecule has 0 aromatic heterocycles.